The summed E-state index contributed by atoms with van der Waals surface area (Å²) in [6, 6.07) is 3.58. The van der Waals surface area contributed by atoms with Gasteiger partial charge in [-0.25, -0.2) is 4.79 Å². The standard InChI is InChI=1S/C13H14F3N3O/c14-13(15,16)9-4-1-5-10-11(9)19(12(20)18-10)8-3-2-6-17-7-8/h1,4-5,8,17H,2-3,6-7H2,(H,18,20). The topological polar surface area (TPSA) is 49.8 Å². The molecular formula is C13H14F3N3O. The van der Waals surface area contributed by atoms with E-state index < -0.39 is 17.4 Å². The van der Waals surface area contributed by atoms with Gasteiger partial charge in [-0.3, -0.25) is 4.57 Å². The van der Waals surface area contributed by atoms with Crippen molar-refractivity contribution in [3.63, 3.8) is 0 Å². The van der Waals surface area contributed by atoms with E-state index in [4.69, 9.17) is 0 Å². The van der Waals surface area contributed by atoms with Crippen molar-refractivity contribution in [2.75, 3.05) is 13.1 Å². The van der Waals surface area contributed by atoms with E-state index in [9.17, 15) is 18.0 Å². The summed E-state index contributed by atoms with van der Waals surface area (Å²) < 4.78 is 40.6. The molecule has 20 heavy (non-hydrogen) atoms. The third-order valence-electron chi connectivity index (χ3n) is 3.68. The normalized spacial score (nSPS) is 20.4. The molecule has 7 heteroatoms. The maximum atomic E-state index is 13.1. The zero-order valence-electron chi connectivity index (χ0n) is 10.6. The molecule has 1 unspecified atom stereocenters. The lowest BCUT2D eigenvalue weighted by molar-refractivity contribution is -0.136. The summed E-state index contributed by atoms with van der Waals surface area (Å²) in [5.41, 5.74) is -1.06. The smallest absolute Gasteiger partial charge is 0.315 e. The summed E-state index contributed by atoms with van der Waals surface area (Å²) in [5, 5.41) is 3.12. The van der Waals surface area contributed by atoms with E-state index in [1.54, 1.807) is 0 Å². The Morgan fingerprint density at radius 2 is 2.10 bits per heavy atom. The number of nitrogens with one attached hydrogen (secondary N) is 2. The van der Waals surface area contributed by atoms with Crippen LogP contribution in [-0.2, 0) is 6.18 Å². The van der Waals surface area contributed by atoms with Gasteiger partial charge in [0, 0.05) is 6.54 Å². The van der Waals surface area contributed by atoms with E-state index in [1.165, 1.54) is 16.7 Å². The SMILES string of the molecule is O=c1[nH]c2cccc(C(F)(F)F)c2n1C1CCCNC1. The number of hydrogen-bond acceptors (Lipinski definition) is 2. The van der Waals surface area contributed by atoms with E-state index in [0.29, 0.717) is 13.0 Å². The van der Waals surface area contributed by atoms with Crippen LogP contribution in [0.25, 0.3) is 11.0 Å². The monoisotopic (exact) mass is 285 g/mol. The molecule has 1 saturated heterocycles. The molecule has 0 radical (unpaired) electrons. The van der Waals surface area contributed by atoms with Gasteiger partial charge in [-0.1, -0.05) is 6.07 Å². The number of hydrogen-bond donors (Lipinski definition) is 2. The Morgan fingerprint density at radius 3 is 2.75 bits per heavy atom. The van der Waals surface area contributed by atoms with Crippen LogP contribution in [0.2, 0.25) is 0 Å². The summed E-state index contributed by atoms with van der Waals surface area (Å²) >= 11 is 0. The van der Waals surface area contributed by atoms with E-state index in [1.807, 2.05) is 0 Å². The Balaban J connectivity index is 2.25. The van der Waals surface area contributed by atoms with Gasteiger partial charge in [-0.2, -0.15) is 13.2 Å². The Bertz CT molecular complexity index is 680. The third-order valence-corrected chi connectivity index (χ3v) is 3.68. The molecule has 1 aliphatic rings. The predicted octanol–water partition coefficient (Wildman–Crippen LogP) is 2.27. The highest BCUT2D eigenvalue weighted by Crippen LogP contribution is 2.35. The third kappa shape index (κ3) is 2.11. The molecule has 2 heterocycles. The molecule has 4 nitrogen and oxygen atoms in total. The number of nitrogens with zero attached hydrogens (tertiary/aromatic N) is 1. The lowest BCUT2D eigenvalue weighted by Gasteiger charge is -2.24. The quantitative estimate of drug-likeness (QED) is 0.844. The molecule has 108 valence electrons. The Labute approximate surface area is 112 Å². The Hall–Kier alpha value is -1.76. The number of H-pyrrole nitrogens is 1. The van der Waals surface area contributed by atoms with Gasteiger partial charge in [-0.05, 0) is 31.5 Å². The first-order chi connectivity index (χ1) is 9.48. The molecule has 1 fully saturated rings. The molecule has 3 rings (SSSR count). The minimum Gasteiger partial charge on any atom is -0.315 e. The first kappa shape index (κ1) is 13.2. The number of para-hydroxylation sites is 1. The maximum Gasteiger partial charge on any atom is 0.418 e. The van der Waals surface area contributed by atoms with Crippen molar-refractivity contribution in [2.45, 2.75) is 25.1 Å². The summed E-state index contributed by atoms with van der Waals surface area (Å²) in [6.45, 7) is 1.35. The zero-order valence-corrected chi connectivity index (χ0v) is 10.6. The van der Waals surface area contributed by atoms with Crippen molar-refractivity contribution >= 4 is 11.0 Å². The fourth-order valence-electron chi connectivity index (χ4n) is 2.81. The fraction of sp³-hybridized carbons (Fsp3) is 0.462. The number of rotatable bonds is 1. The van der Waals surface area contributed by atoms with Crippen molar-refractivity contribution < 1.29 is 13.2 Å². The minimum absolute atomic E-state index is 0.0429. The second-order valence-electron chi connectivity index (χ2n) is 5.00. The van der Waals surface area contributed by atoms with Crippen molar-refractivity contribution in [3.05, 3.63) is 34.2 Å². The van der Waals surface area contributed by atoms with Gasteiger partial charge in [0.15, 0.2) is 0 Å². The molecule has 2 N–H and O–H groups in total. The average molecular weight is 285 g/mol. The predicted molar refractivity (Wildman–Crippen MR) is 68.7 cm³/mol. The fourth-order valence-corrected chi connectivity index (χ4v) is 2.81. The molecule has 1 aliphatic heterocycles. The Morgan fingerprint density at radius 1 is 1.30 bits per heavy atom. The van der Waals surface area contributed by atoms with Crippen LogP contribution in [0.5, 0.6) is 0 Å². The number of fused-ring (bicyclic) bond motifs is 1. The zero-order chi connectivity index (χ0) is 14.3. The molecule has 0 saturated carbocycles. The number of aromatic amines is 1. The molecule has 0 bridgehead atoms. The number of benzene rings is 1. The lowest BCUT2D eigenvalue weighted by atomic mass is 10.1. The second kappa shape index (κ2) is 4.66. The van der Waals surface area contributed by atoms with Crippen molar-refractivity contribution in [1.82, 2.24) is 14.9 Å². The minimum atomic E-state index is -4.47. The number of aromatic nitrogens is 2. The second-order valence-corrected chi connectivity index (χ2v) is 5.00. The molecular weight excluding hydrogens is 271 g/mol. The van der Waals surface area contributed by atoms with Gasteiger partial charge < -0.3 is 10.3 Å². The lowest BCUT2D eigenvalue weighted by Crippen LogP contribution is -2.35. The molecule has 0 amide bonds. The highest BCUT2D eigenvalue weighted by Gasteiger charge is 2.35. The number of halogens is 3. The van der Waals surface area contributed by atoms with E-state index in [-0.39, 0.29) is 17.1 Å². The first-order valence-electron chi connectivity index (χ1n) is 6.49. The van der Waals surface area contributed by atoms with Crippen LogP contribution in [0.3, 0.4) is 0 Å². The summed E-state index contributed by atoms with van der Waals surface area (Å²) in [5.74, 6) is 0. The van der Waals surface area contributed by atoms with Gasteiger partial charge >= 0.3 is 11.9 Å². The first-order valence-corrected chi connectivity index (χ1v) is 6.49. The molecule has 1 atom stereocenters. The summed E-state index contributed by atoms with van der Waals surface area (Å²) in [6.07, 6.45) is -2.93. The van der Waals surface area contributed by atoms with Gasteiger partial charge in [0.2, 0.25) is 0 Å². The molecule has 2 aromatic rings. The van der Waals surface area contributed by atoms with Gasteiger partial charge in [-0.15, -0.1) is 0 Å². The van der Waals surface area contributed by atoms with Crippen molar-refractivity contribution in [2.24, 2.45) is 0 Å². The molecule has 0 spiro atoms. The summed E-state index contributed by atoms with van der Waals surface area (Å²) in [4.78, 5) is 14.5. The van der Waals surface area contributed by atoms with Crippen LogP contribution >= 0.6 is 0 Å². The molecule has 1 aromatic carbocycles. The van der Waals surface area contributed by atoms with Crippen molar-refractivity contribution in [1.29, 1.82) is 0 Å². The highest BCUT2D eigenvalue weighted by atomic mass is 19.4. The van der Waals surface area contributed by atoms with Crippen LogP contribution in [0.1, 0.15) is 24.4 Å². The van der Waals surface area contributed by atoms with Crippen LogP contribution in [0.4, 0.5) is 13.2 Å². The largest absolute Gasteiger partial charge is 0.418 e. The van der Waals surface area contributed by atoms with E-state index in [2.05, 4.69) is 10.3 Å². The number of imidazole rings is 1. The van der Waals surface area contributed by atoms with E-state index in [0.717, 1.165) is 19.0 Å². The summed E-state index contributed by atoms with van der Waals surface area (Å²) in [7, 11) is 0. The Kier molecular flexibility index (Phi) is 3.08. The van der Waals surface area contributed by atoms with Gasteiger partial charge in [0.25, 0.3) is 0 Å². The van der Waals surface area contributed by atoms with E-state index >= 15 is 0 Å². The van der Waals surface area contributed by atoms with Crippen molar-refractivity contribution in [3.8, 4) is 0 Å². The van der Waals surface area contributed by atoms with Crippen LogP contribution in [0, 0.1) is 0 Å². The van der Waals surface area contributed by atoms with Gasteiger partial charge in [0.05, 0.1) is 22.6 Å². The van der Waals surface area contributed by atoms with Crippen LogP contribution in [0.15, 0.2) is 23.0 Å². The molecule has 0 aliphatic carbocycles. The van der Waals surface area contributed by atoms with Gasteiger partial charge in [0.1, 0.15) is 0 Å². The number of piperidine rings is 1. The average Bonchev–Trinajstić information content (AvgIpc) is 2.74. The maximum absolute atomic E-state index is 13.1. The van der Waals surface area contributed by atoms with Crippen LogP contribution in [-0.4, -0.2) is 22.6 Å². The highest BCUT2D eigenvalue weighted by molar-refractivity contribution is 5.79. The number of alkyl halides is 3. The molecule has 1 aromatic heterocycles. The van der Waals surface area contributed by atoms with Crippen LogP contribution < -0.4 is 11.0 Å².